The molecule has 24 heavy (non-hydrogen) atoms. The van der Waals surface area contributed by atoms with Crippen LogP contribution in [0.2, 0.25) is 0 Å². The van der Waals surface area contributed by atoms with Gasteiger partial charge in [-0.05, 0) is 25.2 Å². The number of rotatable bonds is 6. The highest BCUT2D eigenvalue weighted by Crippen LogP contribution is 2.09. The molecule has 6 nitrogen and oxygen atoms in total. The highest BCUT2D eigenvalue weighted by atomic mass is 16.2. The van der Waals surface area contributed by atoms with Crippen molar-refractivity contribution in [2.75, 3.05) is 51.1 Å². The molecule has 0 radical (unpaired) electrons. The molecule has 0 aromatic heterocycles. The summed E-state index contributed by atoms with van der Waals surface area (Å²) in [5.41, 5.74) is 0.792. The van der Waals surface area contributed by atoms with Crippen LogP contribution in [0.3, 0.4) is 0 Å². The summed E-state index contributed by atoms with van der Waals surface area (Å²) in [7, 11) is 0. The zero-order chi connectivity index (χ0) is 17.4. The summed E-state index contributed by atoms with van der Waals surface area (Å²) in [5.74, 6) is 0.185. The minimum atomic E-state index is -0.101. The van der Waals surface area contributed by atoms with Crippen molar-refractivity contribution < 1.29 is 9.59 Å². The summed E-state index contributed by atoms with van der Waals surface area (Å²) in [6.07, 6.45) is 0.553. The second kappa shape index (κ2) is 9.27. The van der Waals surface area contributed by atoms with Crippen LogP contribution in [-0.4, -0.2) is 72.5 Å². The van der Waals surface area contributed by atoms with Gasteiger partial charge in [-0.3, -0.25) is 4.79 Å². The van der Waals surface area contributed by atoms with Crippen molar-refractivity contribution in [1.82, 2.24) is 14.7 Å². The molecule has 0 unspecified atom stereocenters. The van der Waals surface area contributed by atoms with E-state index in [9.17, 15) is 9.59 Å². The number of benzene rings is 1. The van der Waals surface area contributed by atoms with Crippen molar-refractivity contribution in [2.45, 2.75) is 20.3 Å². The van der Waals surface area contributed by atoms with Crippen LogP contribution in [0.25, 0.3) is 0 Å². The molecule has 1 aromatic carbocycles. The Labute approximate surface area is 144 Å². The lowest BCUT2D eigenvalue weighted by Gasteiger charge is -2.35. The average molecular weight is 332 g/mol. The van der Waals surface area contributed by atoms with Crippen molar-refractivity contribution in [3.8, 4) is 0 Å². The van der Waals surface area contributed by atoms with Crippen molar-refractivity contribution in [2.24, 2.45) is 0 Å². The van der Waals surface area contributed by atoms with E-state index in [4.69, 9.17) is 0 Å². The van der Waals surface area contributed by atoms with Crippen molar-refractivity contribution in [3.05, 3.63) is 30.3 Å². The molecule has 2 rings (SSSR count). The molecule has 0 aliphatic carbocycles. The molecule has 3 amide bonds. The van der Waals surface area contributed by atoms with E-state index >= 15 is 0 Å². The molecule has 0 bridgehead atoms. The fourth-order valence-corrected chi connectivity index (χ4v) is 2.83. The maximum atomic E-state index is 12.3. The quantitative estimate of drug-likeness (QED) is 0.868. The Morgan fingerprint density at radius 2 is 1.58 bits per heavy atom. The number of amides is 3. The van der Waals surface area contributed by atoms with Gasteiger partial charge in [-0.2, -0.15) is 0 Å². The number of para-hydroxylation sites is 1. The highest BCUT2D eigenvalue weighted by Gasteiger charge is 2.24. The number of anilines is 1. The van der Waals surface area contributed by atoms with E-state index in [0.29, 0.717) is 32.6 Å². The third-order valence-corrected chi connectivity index (χ3v) is 4.48. The van der Waals surface area contributed by atoms with Crippen LogP contribution in [0, 0.1) is 0 Å². The normalized spacial score (nSPS) is 14.8. The van der Waals surface area contributed by atoms with Gasteiger partial charge in [0.25, 0.3) is 0 Å². The number of piperazine rings is 1. The number of carbonyl (C=O) groups excluding carboxylic acids is 2. The van der Waals surface area contributed by atoms with Crippen molar-refractivity contribution >= 4 is 17.6 Å². The molecule has 1 aromatic rings. The molecule has 1 saturated heterocycles. The van der Waals surface area contributed by atoms with Gasteiger partial charge in [-0.15, -0.1) is 0 Å². The van der Waals surface area contributed by atoms with E-state index in [1.165, 1.54) is 0 Å². The number of hydrogen-bond acceptors (Lipinski definition) is 3. The first-order chi connectivity index (χ1) is 11.6. The second-order valence-corrected chi connectivity index (χ2v) is 5.94. The Kier molecular flexibility index (Phi) is 7.06. The van der Waals surface area contributed by atoms with Gasteiger partial charge >= 0.3 is 6.03 Å². The maximum absolute atomic E-state index is 12.3. The molecule has 6 heteroatoms. The number of urea groups is 1. The lowest BCUT2D eigenvalue weighted by atomic mass is 10.2. The summed E-state index contributed by atoms with van der Waals surface area (Å²) in [5, 5.41) is 2.89. The predicted octanol–water partition coefficient (Wildman–Crippen LogP) is 2.09. The second-order valence-electron chi connectivity index (χ2n) is 5.94. The largest absolute Gasteiger partial charge is 0.339 e. The van der Waals surface area contributed by atoms with Crippen molar-refractivity contribution in [1.29, 1.82) is 0 Å². The Morgan fingerprint density at radius 1 is 1.00 bits per heavy atom. The van der Waals surface area contributed by atoms with E-state index in [1.54, 1.807) is 4.90 Å². The highest BCUT2D eigenvalue weighted by molar-refractivity contribution is 5.89. The van der Waals surface area contributed by atoms with Crippen molar-refractivity contribution in [3.63, 3.8) is 0 Å². The Morgan fingerprint density at radius 3 is 2.17 bits per heavy atom. The van der Waals surface area contributed by atoms with E-state index in [2.05, 4.69) is 24.1 Å². The van der Waals surface area contributed by atoms with E-state index in [0.717, 1.165) is 25.3 Å². The molecule has 132 valence electrons. The molecule has 1 fully saturated rings. The lowest BCUT2D eigenvalue weighted by molar-refractivity contribution is -0.132. The van der Waals surface area contributed by atoms with Crippen LogP contribution in [0.4, 0.5) is 10.5 Å². The summed E-state index contributed by atoms with van der Waals surface area (Å²) in [6, 6.07) is 9.33. The van der Waals surface area contributed by atoms with Gasteiger partial charge in [0.2, 0.25) is 5.91 Å². The number of nitrogens with one attached hydrogen (secondary N) is 1. The van der Waals surface area contributed by atoms with Crippen LogP contribution in [0.1, 0.15) is 20.3 Å². The Hall–Kier alpha value is -2.08. The monoisotopic (exact) mass is 332 g/mol. The third-order valence-electron chi connectivity index (χ3n) is 4.48. The summed E-state index contributed by atoms with van der Waals surface area (Å²) in [4.78, 5) is 30.4. The topological polar surface area (TPSA) is 55.9 Å². The molecule has 0 atom stereocenters. The van der Waals surface area contributed by atoms with E-state index < -0.39 is 0 Å². The maximum Gasteiger partial charge on any atom is 0.321 e. The summed E-state index contributed by atoms with van der Waals surface area (Å²) in [6.45, 7) is 9.34. The summed E-state index contributed by atoms with van der Waals surface area (Å²) >= 11 is 0. The first-order valence-corrected chi connectivity index (χ1v) is 8.75. The van der Waals surface area contributed by atoms with Crippen LogP contribution < -0.4 is 5.32 Å². The van der Waals surface area contributed by atoms with Gasteiger partial charge < -0.3 is 20.0 Å². The van der Waals surface area contributed by atoms with Gasteiger partial charge in [0.1, 0.15) is 0 Å². The van der Waals surface area contributed by atoms with Crippen LogP contribution in [0.5, 0.6) is 0 Å². The van der Waals surface area contributed by atoms with Gasteiger partial charge in [0.15, 0.2) is 0 Å². The lowest BCUT2D eigenvalue weighted by Crippen LogP contribution is -2.52. The molecular formula is C18H28N4O2. The number of nitrogens with zero attached hydrogens (tertiary/aromatic N) is 3. The van der Waals surface area contributed by atoms with Crippen LogP contribution in [0.15, 0.2) is 30.3 Å². The fraction of sp³-hybridized carbons (Fsp3) is 0.556. The SMILES string of the molecule is CCN(CC)CCC(=O)N1CCN(C(=O)Nc2ccccc2)CC1. The molecular weight excluding hydrogens is 304 g/mol. The first-order valence-electron chi connectivity index (χ1n) is 8.75. The standard InChI is InChI=1S/C18H28N4O2/c1-3-20(4-2)11-10-17(23)21-12-14-22(15-13-21)18(24)19-16-8-6-5-7-9-16/h5-9H,3-4,10-15H2,1-2H3,(H,19,24). The first kappa shape index (κ1) is 18.3. The van der Waals surface area contributed by atoms with Crippen LogP contribution >= 0.6 is 0 Å². The number of hydrogen-bond donors (Lipinski definition) is 1. The molecule has 0 spiro atoms. The van der Waals surface area contributed by atoms with Gasteiger partial charge in [0, 0.05) is 44.8 Å². The molecule has 1 heterocycles. The Bertz CT molecular complexity index is 523. The molecule has 1 aliphatic rings. The van der Waals surface area contributed by atoms with Crippen LogP contribution in [-0.2, 0) is 4.79 Å². The predicted molar refractivity (Wildman–Crippen MR) is 96.0 cm³/mol. The summed E-state index contributed by atoms with van der Waals surface area (Å²) < 4.78 is 0. The minimum absolute atomic E-state index is 0.101. The van der Waals surface area contributed by atoms with E-state index in [1.807, 2.05) is 35.2 Å². The smallest absolute Gasteiger partial charge is 0.321 e. The third kappa shape index (κ3) is 5.23. The van der Waals surface area contributed by atoms with Gasteiger partial charge in [0.05, 0.1) is 0 Å². The molecule has 1 N–H and O–H groups in total. The minimum Gasteiger partial charge on any atom is -0.339 e. The molecule has 1 aliphatic heterocycles. The van der Waals surface area contributed by atoms with Gasteiger partial charge in [-0.25, -0.2) is 4.79 Å². The zero-order valence-electron chi connectivity index (χ0n) is 14.7. The molecule has 0 saturated carbocycles. The Balaban J connectivity index is 1.74. The fourth-order valence-electron chi connectivity index (χ4n) is 2.83. The average Bonchev–Trinajstić information content (AvgIpc) is 2.63. The number of carbonyl (C=O) groups is 2. The zero-order valence-corrected chi connectivity index (χ0v) is 14.7. The van der Waals surface area contributed by atoms with E-state index in [-0.39, 0.29) is 11.9 Å². The van der Waals surface area contributed by atoms with Gasteiger partial charge in [-0.1, -0.05) is 32.0 Å².